The predicted octanol–water partition coefficient (Wildman–Crippen LogP) is 1.90. The van der Waals surface area contributed by atoms with E-state index in [2.05, 4.69) is 37.3 Å². The van der Waals surface area contributed by atoms with Gasteiger partial charge in [0.25, 0.3) is 0 Å². The van der Waals surface area contributed by atoms with Crippen molar-refractivity contribution >= 4 is 0 Å². The van der Waals surface area contributed by atoms with E-state index in [1.165, 1.54) is 27.8 Å². The van der Waals surface area contributed by atoms with Crippen LogP contribution in [0.4, 0.5) is 0 Å². The first kappa shape index (κ1) is 20.5. The zero-order valence-corrected chi connectivity index (χ0v) is 17.0. The van der Waals surface area contributed by atoms with Crippen molar-refractivity contribution in [3.05, 3.63) is 69.3 Å². The molecule has 0 bridgehead atoms. The molecule has 5 nitrogen and oxygen atoms in total. The molecule has 4 N–H and O–H groups in total. The Balaban J connectivity index is 1.75. The van der Waals surface area contributed by atoms with E-state index >= 15 is 0 Å². The average Bonchev–Trinajstić information content (AvgIpc) is 3.21. The third-order valence-electron chi connectivity index (χ3n) is 6.53. The fourth-order valence-electron chi connectivity index (χ4n) is 4.81. The van der Waals surface area contributed by atoms with Crippen LogP contribution in [0.2, 0.25) is 0 Å². The van der Waals surface area contributed by atoms with Crippen molar-refractivity contribution in [1.82, 2.24) is 0 Å². The SMILES string of the molecule is Cc1ccc(Cc2cc([C@@H]3O[C@H](CO)C(O)[C@H](O)[C@@H]3O)c(C)c3c2CCC3)cc1. The van der Waals surface area contributed by atoms with E-state index < -0.39 is 37.1 Å². The van der Waals surface area contributed by atoms with Crippen LogP contribution in [-0.2, 0) is 24.0 Å². The Morgan fingerprint density at radius 2 is 1.62 bits per heavy atom. The van der Waals surface area contributed by atoms with Crippen molar-refractivity contribution in [3.8, 4) is 0 Å². The molecule has 1 heterocycles. The Labute approximate surface area is 171 Å². The van der Waals surface area contributed by atoms with Gasteiger partial charge >= 0.3 is 0 Å². The largest absolute Gasteiger partial charge is 0.394 e. The van der Waals surface area contributed by atoms with Crippen molar-refractivity contribution in [2.45, 2.75) is 70.1 Å². The molecular formula is C24H30O5. The number of ether oxygens (including phenoxy) is 1. The lowest BCUT2D eigenvalue weighted by Gasteiger charge is -2.41. The monoisotopic (exact) mass is 398 g/mol. The average molecular weight is 398 g/mol. The number of rotatable bonds is 4. The first-order valence-corrected chi connectivity index (χ1v) is 10.4. The lowest BCUT2D eigenvalue weighted by molar-refractivity contribution is -0.231. The smallest absolute Gasteiger partial charge is 0.113 e. The highest BCUT2D eigenvalue weighted by atomic mass is 16.5. The Hall–Kier alpha value is -1.76. The molecule has 5 heteroatoms. The van der Waals surface area contributed by atoms with Gasteiger partial charge in [-0.25, -0.2) is 0 Å². The van der Waals surface area contributed by atoms with Gasteiger partial charge in [-0.15, -0.1) is 0 Å². The molecule has 0 aromatic heterocycles. The third kappa shape index (κ3) is 3.74. The number of aliphatic hydroxyl groups is 4. The normalized spacial score (nSPS) is 29.1. The molecule has 29 heavy (non-hydrogen) atoms. The molecule has 2 aromatic rings. The standard InChI is InChI=1S/C24H30O5/c1-13-6-8-15(9-7-13)10-16-11-19(14(2)17-4-3-5-18(16)17)24-23(28)22(27)21(26)20(12-25)29-24/h6-9,11,20-28H,3-5,10,12H2,1-2H3/t20-,21?,22+,23+,24+/m1/s1. The number of benzene rings is 2. The summed E-state index contributed by atoms with van der Waals surface area (Å²) in [6, 6.07) is 10.6. The highest BCUT2D eigenvalue weighted by Crippen LogP contribution is 2.39. The van der Waals surface area contributed by atoms with Gasteiger partial charge in [0.15, 0.2) is 0 Å². The fraction of sp³-hybridized carbons (Fsp3) is 0.500. The van der Waals surface area contributed by atoms with E-state index in [4.69, 9.17) is 4.74 Å². The summed E-state index contributed by atoms with van der Waals surface area (Å²) < 4.78 is 5.87. The number of aliphatic hydroxyl groups excluding tert-OH is 4. The molecular weight excluding hydrogens is 368 g/mol. The molecule has 1 aliphatic carbocycles. The van der Waals surface area contributed by atoms with Crippen LogP contribution < -0.4 is 0 Å². The first-order valence-electron chi connectivity index (χ1n) is 10.4. The van der Waals surface area contributed by atoms with E-state index in [0.29, 0.717) is 0 Å². The van der Waals surface area contributed by atoms with Crippen molar-refractivity contribution in [1.29, 1.82) is 0 Å². The van der Waals surface area contributed by atoms with Crippen molar-refractivity contribution in [3.63, 3.8) is 0 Å². The summed E-state index contributed by atoms with van der Waals surface area (Å²) in [6.45, 7) is 3.70. The summed E-state index contributed by atoms with van der Waals surface area (Å²) in [7, 11) is 0. The second-order valence-corrected chi connectivity index (χ2v) is 8.47. The fourth-order valence-corrected chi connectivity index (χ4v) is 4.81. The summed E-state index contributed by atoms with van der Waals surface area (Å²) in [4.78, 5) is 0. The molecule has 2 aliphatic rings. The molecule has 5 atom stereocenters. The van der Waals surface area contributed by atoms with Crippen LogP contribution in [0, 0.1) is 13.8 Å². The Bertz CT molecular complexity index is 874. The van der Waals surface area contributed by atoms with Crippen LogP contribution in [-0.4, -0.2) is 51.4 Å². The van der Waals surface area contributed by atoms with Gasteiger partial charge < -0.3 is 25.2 Å². The number of aryl methyl sites for hydroxylation is 1. The van der Waals surface area contributed by atoms with Crippen LogP contribution in [0.5, 0.6) is 0 Å². The molecule has 1 aliphatic heterocycles. The molecule has 1 saturated heterocycles. The summed E-state index contributed by atoms with van der Waals surface area (Å²) >= 11 is 0. The molecule has 0 saturated carbocycles. The molecule has 1 unspecified atom stereocenters. The quantitative estimate of drug-likeness (QED) is 0.632. The summed E-state index contributed by atoms with van der Waals surface area (Å²) in [5, 5.41) is 40.6. The molecule has 0 spiro atoms. The van der Waals surface area contributed by atoms with Crippen LogP contribution in [0.1, 0.15) is 51.5 Å². The maximum atomic E-state index is 10.6. The summed E-state index contributed by atoms with van der Waals surface area (Å²) in [6.07, 6.45) is -1.69. The summed E-state index contributed by atoms with van der Waals surface area (Å²) in [5.74, 6) is 0. The molecule has 156 valence electrons. The zero-order chi connectivity index (χ0) is 20.7. The van der Waals surface area contributed by atoms with Gasteiger partial charge in [0.1, 0.15) is 30.5 Å². The second-order valence-electron chi connectivity index (χ2n) is 8.47. The number of hydrogen-bond acceptors (Lipinski definition) is 5. The molecule has 2 aromatic carbocycles. The van der Waals surface area contributed by atoms with E-state index in [9.17, 15) is 20.4 Å². The molecule has 0 amide bonds. The van der Waals surface area contributed by atoms with Crippen LogP contribution in [0.25, 0.3) is 0 Å². The Morgan fingerprint density at radius 3 is 2.31 bits per heavy atom. The highest BCUT2D eigenvalue weighted by Gasteiger charge is 2.44. The van der Waals surface area contributed by atoms with Crippen molar-refractivity contribution in [2.24, 2.45) is 0 Å². The molecule has 0 radical (unpaired) electrons. The minimum absolute atomic E-state index is 0.415. The zero-order valence-electron chi connectivity index (χ0n) is 17.0. The maximum Gasteiger partial charge on any atom is 0.113 e. The van der Waals surface area contributed by atoms with Gasteiger partial charge in [0.2, 0.25) is 0 Å². The second kappa shape index (κ2) is 8.17. The van der Waals surface area contributed by atoms with Crippen molar-refractivity contribution < 1.29 is 25.2 Å². The van der Waals surface area contributed by atoms with E-state index in [0.717, 1.165) is 36.8 Å². The van der Waals surface area contributed by atoms with Gasteiger partial charge in [-0.2, -0.15) is 0 Å². The van der Waals surface area contributed by atoms with Crippen LogP contribution in [0.3, 0.4) is 0 Å². The van der Waals surface area contributed by atoms with Gasteiger partial charge in [-0.05, 0) is 72.9 Å². The maximum absolute atomic E-state index is 10.6. The minimum Gasteiger partial charge on any atom is -0.394 e. The van der Waals surface area contributed by atoms with Crippen LogP contribution in [0.15, 0.2) is 30.3 Å². The lowest BCUT2D eigenvalue weighted by Crippen LogP contribution is -2.55. The Kier molecular flexibility index (Phi) is 5.78. The predicted molar refractivity (Wildman–Crippen MR) is 110 cm³/mol. The van der Waals surface area contributed by atoms with Gasteiger partial charge in [-0.1, -0.05) is 35.9 Å². The third-order valence-corrected chi connectivity index (χ3v) is 6.53. The van der Waals surface area contributed by atoms with Crippen LogP contribution >= 0.6 is 0 Å². The topological polar surface area (TPSA) is 90.2 Å². The summed E-state index contributed by atoms with van der Waals surface area (Å²) in [5.41, 5.74) is 8.29. The lowest BCUT2D eigenvalue weighted by atomic mass is 9.84. The molecule has 4 rings (SSSR count). The molecule has 1 fully saturated rings. The van der Waals surface area contributed by atoms with Crippen molar-refractivity contribution in [2.75, 3.05) is 6.61 Å². The number of fused-ring (bicyclic) bond motifs is 1. The van der Waals surface area contributed by atoms with E-state index in [1.807, 2.05) is 6.92 Å². The minimum atomic E-state index is -1.36. The Morgan fingerprint density at radius 1 is 0.931 bits per heavy atom. The first-order chi connectivity index (χ1) is 13.9. The number of hydrogen-bond donors (Lipinski definition) is 4. The van der Waals surface area contributed by atoms with E-state index in [-0.39, 0.29) is 0 Å². The van der Waals surface area contributed by atoms with E-state index in [1.54, 1.807) is 0 Å². The van der Waals surface area contributed by atoms with Gasteiger partial charge in [-0.3, -0.25) is 0 Å². The highest BCUT2D eigenvalue weighted by molar-refractivity contribution is 5.50. The van der Waals surface area contributed by atoms with Gasteiger partial charge in [0.05, 0.1) is 6.61 Å². The van der Waals surface area contributed by atoms with Gasteiger partial charge in [0, 0.05) is 0 Å².